The number of nitrogens with zero attached hydrogens (tertiary/aromatic N) is 1. The normalized spacial score (nSPS) is 20.5. The molecule has 128 valence electrons. The first-order valence-electron chi connectivity index (χ1n) is 8.15. The zero-order chi connectivity index (χ0) is 16.4. The molecule has 1 heterocycles. The van der Waals surface area contributed by atoms with Crippen molar-refractivity contribution in [2.75, 3.05) is 13.1 Å². The number of amides is 1. The van der Waals surface area contributed by atoms with Crippen molar-refractivity contribution in [2.24, 2.45) is 5.73 Å². The van der Waals surface area contributed by atoms with Crippen LogP contribution < -0.4 is 5.73 Å². The van der Waals surface area contributed by atoms with E-state index in [1.54, 1.807) is 0 Å². The fraction of sp³-hybridized carbons (Fsp3) is 0.350. The Kier molecular flexibility index (Phi) is 5.68. The summed E-state index contributed by atoms with van der Waals surface area (Å²) in [5.74, 6) is 0.365. The van der Waals surface area contributed by atoms with Crippen LogP contribution in [-0.4, -0.2) is 29.9 Å². The van der Waals surface area contributed by atoms with Crippen molar-refractivity contribution in [3.8, 4) is 0 Å². The zero-order valence-electron chi connectivity index (χ0n) is 14.2. The van der Waals surface area contributed by atoms with Crippen LogP contribution in [0.2, 0.25) is 0 Å². The number of halogens is 1. The lowest BCUT2D eigenvalue weighted by Gasteiger charge is -2.29. The third kappa shape index (κ3) is 3.47. The van der Waals surface area contributed by atoms with Crippen molar-refractivity contribution in [1.82, 2.24) is 4.90 Å². The molecule has 1 saturated heterocycles. The molecular weight excluding hydrogens is 320 g/mol. The van der Waals surface area contributed by atoms with E-state index in [-0.39, 0.29) is 30.3 Å². The van der Waals surface area contributed by atoms with Crippen LogP contribution in [0.1, 0.15) is 30.9 Å². The van der Waals surface area contributed by atoms with E-state index in [4.69, 9.17) is 5.73 Å². The van der Waals surface area contributed by atoms with Gasteiger partial charge in [-0.15, -0.1) is 12.4 Å². The summed E-state index contributed by atoms with van der Waals surface area (Å²) < 4.78 is 0. The van der Waals surface area contributed by atoms with Crippen LogP contribution in [0.5, 0.6) is 0 Å². The Morgan fingerprint density at radius 1 is 1.00 bits per heavy atom. The number of likely N-dealkylation sites (tertiary alicyclic amines) is 1. The minimum Gasteiger partial charge on any atom is -0.340 e. The largest absolute Gasteiger partial charge is 0.340 e. The average molecular weight is 345 g/mol. The topological polar surface area (TPSA) is 46.3 Å². The predicted octanol–water partition coefficient (Wildman–Crippen LogP) is 3.34. The molecule has 0 aliphatic carbocycles. The number of rotatable bonds is 3. The fourth-order valence-electron chi connectivity index (χ4n) is 3.42. The molecule has 1 fully saturated rings. The van der Waals surface area contributed by atoms with Crippen LogP contribution in [0.25, 0.3) is 0 Å². The van der Waals surface area contributed by atoms with Gasteiger partial charge in [-0.2, -0.15) is 0 Å². The lowest BCUT2D eigenvalue weighted by molar-refractivity contribution is -0.135. The molecule has 4 heteroatoms. The Morgan fingerprint density at radius 2 is 1.54 bits per heavy atom. The maximum atomic E-state index is 13.1. The number of benzene rings is 2. The first-order chi connectivity index (χ1) is 11.0. The second-order valence-corrected chi connectivity index (χ2v) is 6.88. The molecule has 0 aromatic heterocycles. The van der Waals surface area contributed by atoms with Crippen LogP contribution in [0.4, 0.5) is 0 Å². The van der Waals surface area contributed by atoms with Gasteiger partial charge in [-0.3, -0.25) is 4.79 Å². The molecule has 2 aromatic carbocycles. The zero-order valence-corrected chi connectivity index (χ0v) is 15.0. The molecule has 0 radical (unpaired) electrons. The van der Waals surface area contributed by atoms with Gasteiger partial charge in [0.1, 0.15) is 0 Å². The maximum absolute atomic E-state index is 13.1. The van der Waals surface area contributed by atoms with Crippen molar-refractivity contribution in [3.05, 3.63) is 71.8 Å². The molecule has 0 spiro atoms. The summed E-state index contributed by atoms with van der Waals surface area (Å²) in [6.07, 6.45) is 0. The molecule has 2 N–H and O–H groups in total. The van der Waals surface area contributed by atoms with E-state index in [1.807, 2.05) is 67.3 Å². The van der Waals surface area contributed by atoms with Gasteiger partial charge in [0.25, 0.3) is 0 Å². The van der Waals surface area contributed by atoms with Gasteiger partial charge in [0.05, 0.1) is 5.41 Å². The Bertz CT molecular complexity index is 673. The Morgan fingerprint density at radius 3 is 2.12 bits per heavy atom. The van der Waals surface area contributed by atoms with Crippen molar-refractivity contribution in [2.45, 2.75) is 31.2 Å². The van der Waals surface area contributed by atoms with Crippen molar-refractivity contribution < 1.29 is 4.79 Å². The molecule has 1 aliphatic rings. The summed E-state index contributed by atoms with van der Waals surface area (Å²) in [7, 11) is 0. The van der Waals surface area contributed by atoms with Crippen molar-refractivity contribution in [3.63, 3.8) is 0 Å². The second-order valence-electron chi connectivity index (χ2n) is 6.88. The predicted molar refractivity (Wildman–Crippen MR) is 100 cm³/mol. The average Bonchev–Trinajstić information content (AvgIpc) is 2.97. The summed E-state index contributed by atoms with van der Waals surface area (Å²) in [4.78, 5) is 15.0. The van der Waals surface area contributed by atoms with Crippen LogP contribution in [0.15, 0.2) is 60.7 Å². The van der Waals surface area contributed by atoms with Crippen LogP contribution in [0, 0.1) is 0 Å². The molecule has 0 unspecified atom stereocenters. The van der Waals surface area contributed by atoms with E-state index < -0.39 is 5.41 Å². The van der Waals surface area contributed by atoms with Crippen LogP contribution in [-0.2, 0) is 10.2 Å². The van der Waals surface area contributed by atoms with E-state index in [9.17, 15) is 4.79 Å². The van der Waals surface area contributed by atoms with Gasteiger partial charge in [-0.05, 0) is 25.0 Å². The number of hydrogen-bond donors (Lipinski definition) is 1. The Hall–Kier alpha value is -1.84. The standard InChI is InChI=1S/C20H24N2O.ClH/c1-20(2,16-11-7-4-8-12-16)19(23)22-13-17(18(21)14-22)15-9-5-3-6-10-15;/h3-12,17-18H,13-14,21H2,1-2H3;1H/t17-,18+;/m0./s1. The van der Waals surface area contributed by atoms with E-state index in [0.29, 0.717) is 13.1 Å². The molecule has 1 amide bonds. The van der Waals surface area contributed by atoms with Gasteiger partial charge in [0.15, 0.2) is 0 Å². The van der Waals surface area contributed by atoms with E-state index in [0.717, 1.165) is 5.56 Å². The lowest BCUT2D eigenvalue weighted by Crippen LogP contribution is -2.43. The maximum Gasteiger partial charge on any atom is 0.232 e. The van der Waals surface area contributed by atoms with Gasteiger partial charge in [0, 0.05) is 25.0 Å². The van der Waals surface area contributed by atoms with Gasteiger partial charge in [0.2, 0.25) is 5.91 Å². The quantitative estimate of drug-likeness (QED) is 0.928. The molecular formula is C20H25ClN2O. The molecule has 0 bridgehead atoms. The van der Waals surface area contributed by atoms with Crippen LogP contribution in [0.3, 0.4) is 0 Å². The molecule has 3 nitrogen and oxygen atoms in total. The number of hydrogen-bond acceptors (Lipinski definition) is 2. The molecule has 24 heavy (non-hydrogen) atoms. The van der Waals surface area contributed by atoms with E-state index >= 15 is 0 Å². The SMILES string of the molecule is CC(C)(C(=O)N1C[C@@H](N)[C@H](c2ccccc2)C1)c1ccccc1.Cl. The highest BCUT2D eigenvalue weighted by atomic mass is 35.5. The highest BCUT2D eigenvalue weighted by molar-refractivity contribution is 5.87. The third-order valence-electron chi connectivity index (χ3n) is 4.91. The third-order valence-corrected chi connectivity index (χ3v) is 4.91. The van der Waals surface area contributed by atoms with Gasteiger partial charge >= 0.3 is 0 Å². The van der Waals surface area contributed by atoms with E-state index in [2.05, 4.69) is 12.1 Å². The molecule has 1 aliphatic heterocycles. The molecule has 2 atom stereocenters. The number of carbonyl (C=O) groups excluding carboxylic acids is 1. The van der Waals surface area contributed by atoms with Gasteiger partial charge < -0.3 is 10.6 Å². The smallest absolute Gasteiger partial charge is 0.232 e. The minimum absolute atomic E-state index is 0. The lowest BCUT2D eigenvalue weighted by atomic mass is 9.83. The molecule has 2 aromatic rings. The first kappa shape index (κ1) is 18.5. The van der Waals surface area contributed by atoms with Crippen LogP contribution >= 0.6 is 12.4 Å². The second kappa shape index (κ2) is 7.37. The Balaban J connectivity index is 0.00000208. The summed E-state index contributed by atoms with van der Waals surface area (Å²) >= 11 is 0. The summed E-state index contributed by atoms with van der Waals surface area (Å²) in [6.45, 7) is 5.30. The van der Waals surface area contributed by atoms with Gasteiger partial charge in [-0.1, -0.05) is 60.7 Å². The number of nitrogens with two attached hydrogens (primary N) is 1. The molecule has 0 saturated carbocycles. The highest BCUT2D eigenvalue weighted by Crippen LogP contribution is 2.31. The van der Waals surface area contributed by atoms with E-state index in [1.165, 1.54) is 5.56 Å². The summed E-state index contributed by atoms with van der Waals surface area (Å²) in [6, 6.07) is 20.2. The minimum atomic E-state index is -0.535. The monoisotopic (exact) mass is 344 g/mol. The van der Waals surface area contributed by atoms with Crippen molar-refractivity contribution >= 4 is 18.3 Å². The first-order valence-corrected chi connectivity index (χ1v) is 8.15. The fourth-order valence-corrected chi connectivity index (χ4v) is 3.42. The van der Waals surface area contributed by atoms with Gasteiger partial charge in [-0.25, -0.2) is 0 Å². The number of carbonyl (C=O) groups is 1. The van der Waals surface area contributed by atoms with Crippen molar-refractivity contribution in [1.29, 1.82) is 0 Å². The highest BCUT2D eigenvalue weighted by Gasteiger charge is 2.40. The Labute approximate surface area is 150 Å². The summed E-state index contributed by atoms with van der Waals surface area (Å²) in [5, 5.41) is 0. The molecule has 3 rings (SSSR count). The summed E-state index contributed by atoms with van der Waals surface area (Å²) in [5.41, 5.74) is 8.05.